The van der Waals surface area contributed by atoms with E-state index in [9.17, 15) is 9.59 Å². The van der Waals surface area contributed by atoms with E-state index in [0.29, 0.717) is 17.8 Å². The number of carbonyl (C=O) groups excluding carboxylic acids is 1. The van der Waals surface area contributed by atoms with E-state index in [1.54, 1.807) is 6.07 Å². The molecule has 0 radical (unpaired) electrons. The van der Waals surface area contributed by atoms with E-state index in [4.69, 9.17) is 5.11 Å². The van der Waals surface area contributed by atoms with Crippen LogP contribution in [0.5, 0.6) is 0 Å². The molecule has 0 unspecified atom stereocenters. The molecule has 0 spiro atoms. The molecule has 2 rings (SSSR count). The predicted octanol–water partition coefficient (Wildman–Crippen LogP) is 2.83. The van der Waals surface area contributed by atoms with Gasteiger partial charge in [0.2, 0.25) is 0 Å². The largest absolute Gasteiger partial charge is 0.480 e. The molecule has 0 aliphatic carbocycles. The molecule has 0 bridgehead atoms. The van der Waals surface area contributed by atoms with Crippen LogP contribution < -0.4 is 0 Å². The Kier molecular flexibility index (Phi) is 5.11. The number of carboxylic acids is 1. The molecule has 0 saturated heterocycles. The number of aryl methyl sites for hydroxylation is 1. The molecule has 0 atom stereocenters. The first-order chi connectivity index (χ1) is 10.1. The summed E-state index contributed by atoms with van der Waals surface area (Å²) in [5.74, 6) is -1.21. The normalized spacial score (nSPS) is 10.3. The SMILES string of the molecule is Cc1ccc(C(=O)N(CCc2ccccc2)CC(=O)O)s1. The second-order valence-electron chi connectivity index (χ2n) is 4.77. The van der Waals surface area contributed by atoms with Crippen LogP contribution in [0.2, 0.25) is 0 Å². The topological polar surface area (TPSA) is 57.6 Å². The van der Waals surface area contributed by atoms with E-state index >= 15 is 0 Å². The third-order valence-corrected chi connectivity index (χ3v) is 4.07. The number of aliphatic carboxylic acids is 1. The highest BCUT2D eigenvalue weighted by Gasteiger charge is 2.19. The van der Waals surface area contributed by atoms with E-state index < -0.39 is 5.97 Å². The first kappa shape index (κ1) is 15.3. The molecule has 0 fully saturated rings. The molecule has 5 heteroatoms. The molecule has 0 aliphatic heterocycles. The lowest BCUT2D eigenvalue weighted by Gasteiger charge is -2.20. The second kappa shape index (κ2) is 7.04. The summed E-state index contributed by atoms with van der Waals surface area (Å²) in [6.45, 7) is 2.04. The molecular formula is C16H17NO3S. The summed E-state index contributed by atoms with van der Waals surface area (Å²) in [4.78, 5) is 26.4. The summed E-state index contributed by atoms with van der Waals surface area (Å²) < 4.78 is 0. The van der Waals surface area contributed by atoms with Crippen molar-refractivity contribution in [3.63, 3.8) is 0 Å². The Labute approximate surface area is 127 Å². The van der Waals surface area contributed by atoms with Crippen LogP contribution in [0.1, 0.15) is 20.1 Å². The molecule has 4 nitrogen and oxygen atoms in total. The van der Waals surface area contributed by atoms with Crippen LogP contribution in [-0.4, -0.2) is 35.0 Å². The van der Waals surface area contributed by atoms with Gasteiger partial charge in [0.05, 0.1) is 4.88 Å². The molecule has 1 aromatic carbocycles. The second-order valence-corrected chi connectivity index (χ2v) is 6.05. The number of amides is 1. The quantitative estimate of drug-likeness (QED) is 0.892. The van der Waals surface area contributed by atoms with Crippen molar-refractivity contribution >= 4 is 23.2 Å². The van der Waals surface area contributed by atoms with Crippen LogP contribution in [0.4, 0.5) is 0 Å². The molecule has 2 aromatic rings. The highest BCUT2D eigenvalue weighted by molar-refractivity contribution is 7.13. The Morgan fingerprint density at radius 3 is 2.43 bits per heavy atom. The predicted molar refractivity (Wildman–Crippen MR) is 82.7 cm³/mol. The minimum atomic E-state index is -0.996. The first-order valence-corrected chi connectivity index (χ1v) is 7.49. The van der Waals surface area contributed by atoms with Crippen LogP contribution in [-0.2, 0) is 11.2 Å². The minimum Gasteiger partial charge on any atom is -0.480 e. The summed E-state index contributed by atoms with van der Waals surface area (Å²) >= 11 is 1.39. The third kappa shape index (κ3) is 4.43. The van der Waals surface area contributed by atoms with Crippen molar-refractivity contribution in [3.8, 4) is 0 Å². The van der Waals surface area contributed by atoms with Gasteiger partial charge < -0.3 is 10.0 Å². The van der Waals surface area contributed by atoms with E-state index in [0.717, 1.165) is 10.4 Å². The van der Waals surface area contributed by atoms with Crippen molar-refractivity contribution in [1.82, 2.24) is 4.90 Å². The molecule has 21 heavy (non-hydrogen) atoms. The number of thiophene rings is 1. The maximum Gasteiger partial charge on any atom is 0.323 e. The molecule has 0 aliphatic rings. The van der Waals surface area contributed by atoms with Gasteiger partial charge in [0.1, 0.15) is 6.54 Å². The van der Waals surface area contributed by atoms with Crippen LogP contribution in [0.15, 0.2) is 42.5 Å². The maximum atomic E-state index is 12.4. The van der Waals surface area contributed by atoms with Crippen LogP contribution in [0.25, 0.3) is 0 Å². The minimum absolute atomic E-state index is 0.216. The monoisotopic (exact) mass is 303 g/mol. The van der Waals surface area contributed by atoms with Crippen molar-refractivity contribution in [2.45, 2.75) is 13.3 Å². The van der Waals surface area contributed by atoms with Gasteiger partial charge in [-0.1, -0.05) is 30.3 Å². The zero-order valence-electron chi connectivity index (χ0n) is 11.8. The van der Waals surface area contributed by atoms with E-state index in [1.165, 1.54) is 16.2 Å². The number of hydrogen-bond acceptors (Lipinski definition) is 3. The zero-order valence-corrected chi connectivity index (χ0v) is 12.6. The molecule has 1 amide bonds. The number of hydrogen-bond donors (Lipinski definition) is 1. The fourth-order valence-corrected chi connectivity index (χ4v) is 2.87. The zero-order chi connectivity index (χ0) is 15.2. The summed E-state index contributed by atoms with van der Waals surface area (Å²) in [7, 11) is 0. The lowest BCUT2D eigenvalue weighted by atomic mass is 10.1. The van der Waals surface area contributed by atoms with E-state index in [2.05, 4.69) is 0 Å². The summed E-state index contributed by atoms with van der Waals surface area (Å²) in [6, 6.07) is 13.4. The van der Waals surface area contributed by atoms with Gasteiger partial charge in [-0.3, -0.25) is 9.59 Å². The van der Waals surface area contributed by atoms with Crippen LogP contribution >= 0.6 is 11.3 Å². The molecule has 1 N–H and O–H groups in total. The Morgan fingerprint density at radius 1 is 1.14 bits per heavy atom. The number of carbonyl (C=O) groups is 2. The van der Waals surface area contributed by atoms with E-state index in [-0.39, 0.29) is 12.5 Å². The first-order valence-electron chi connectivity index (χ1n) is 6.67. The van der Waals surface area contributed by atoms with Crippen molar-refractivity contribution in [2.75, 3.05) is 13.1 Å². The number of nitrogens with zero attached hydrogens (tertiary/aromatic N) is 1. The van der Waals surface area contributed by atoms with Crippen molar-refractivity contribution < 1.29 is 14.7 Å². The van der Waals surface area contributed by atoms with Crippen molar-refractivity contribution in [1.29, 1.82) is 0 Å². The number of carboxylic acid groups (broad SMARTS) is 1. The Bertz CT molecular complexity index is 621. The van der Waals surface area contributed by atoms with E-state index in [1.807, 2.05) is 43.3 Å². The van der Waals surface area contributed by atoms with Gasteiger partial charge >= 0.3 is 5.97 Å². The molecule has 0 saturated carbocycles. The fraction of sp³-hybridized carbons (Fsp3) is 0.250. The van der Waals surface area contributed by atoms with Gasteiger partial charge in [-0.25, -0.2) is 0 Å². The Balaban J connectivity index is 2.07. The van der Waals surface area contributed by atoms with Gasteiger partial charge in [-0.15, -0.1) is 11.3 Å². The third-order valence-electron chi connectivity index (χ3n) is 3.08. The lowest BCUT2D eigenvalue weighted by Crippen LogP contribution is -2.36. The van der Waals surface area contributed by atoms with Gasteiger partial charge in [0.25, 0.3) is 5.91 Å². The van der Waals surface area contributed by atoms with Crippen LogP contribution in [0, 0.1) is 6.92 Å². The van der Waals surface area contributed by atoms with Gasteiger partial charge in [-0.05, 0) is 31.0 Å². The fourth-order valence-electron chi connectivity index (χ4n) is 2.03. The molecule has 1 aromatic heterocycles. The number of rotatable bonds is 6. The summed E-state index contributed by atoms with van der Waals surface area (Å²) in [5, 5.41) is 8.99. The van der Waals surface area contributed by atoms with Gasteiger partial charge in [-0.2, -0.15) is 0 Å². The average Bonchev–Trinajstić information content (AvgIpc) is 2.90. The van der Waals surface area contributed by atoms with Gasteiger partial charge in [0, 0.05) is 11.4 Å². The lowest BCUT2D eigenvalue weighted by molar-refractivity contribution is -0.137. The Morgan fingerprint density at radius 2 is 1.86 bits per heavy atom. The molecule has 1 heterocycles. The standard InChI is InChI=1S/C16H17NO3S/c1-12-7-8-14(21-12)16(20)17(11-15(18)19)10-9-13-5-3-2-4-6-13/h2-8H,9-11H2,1H3,(H,18,19). The molecule has 110 valence electrons. The highest BCUT2D eigenvalue weighted by Crippen LogP contribution is 2.17. The summed E-state index contributed by atoms with van der Waals surface area (Å²) in [5.41, 5.74) is 1.09. The van der Waals surface area contributed by atoms with Crippen molar-refractivity contribution in [3.05, 3.63) is 57.8 Å². The molecular weight excluding hydrogens is 286 g/mol. The van der Waals surface area contributed by atoms with Gasteiger partial charge in [0.15, 0.2) is 0 Å². The maximum absolute atomic E-state index is 12.4. The number of benzene rings is 1. The summed E-state index contributed by atoms with van der Waals surface area (Å²) in [6.07, 6.45) is 0.643. The Hall–Kier alpha value is -2.14. The van der Waals surface area contributed by atoms with Crippen LogP contribution in [0.3, 0.4) is 0 Å². The smallest absolute Gasteiger partial charge is 0.323 e. The van der Waals surface area contributed by atoms with Crippen molar-refractivity contribution in [2.24, 2.45) is 0 Å². The average molecular weight is 303 g/mol. The highest BCUT2D eigenvalue weighted by atomic mass is 32.1.